The summed E-state index contributed by atoms with van der Waals surface area (Å²) in [5.41, 5.74) is 8.82. The van der Waals surface area contributed by atoms with Crippen molar-refractivity contribution in [2.75, 3.05) is 12.3 Å². The van der Waals surface area contributed by atoms with Crippen LogP contribution in [0.5, 0.6) is 0 Å². The maximum Gasteiger partial charge on any atom is 0.240 e. The van der Waals surface area contributed by atoms with E-state index in [2.05, 4.69) is 9.71 Å². The Balaban J connectivity index is 1.67. The number of fused-ring (bicyclic) bond motifs is 1. The average Bonchev–Trinajstić information content (AvgIpc) is 2.92. The van der Waals surface area contributed by atoms with Crippen LogP contribution in [-0.4, -0.2) is 19.9 Å². The molecule has 0 spiro atoms. The molecule has 0 atom stereocenters. The summed E-state index contributed by atoms with van der Waals surface area (Å²) in [6.45, 7) is 0.322. The van der Waals surface area contributed by atoms with Crippen LogP contribution in [0, 0.1) is 0 Å². The van der Waals surface area contributed by atoms with E-state index in [1.165, 1.54) is 28.9 Å². The van der Waals surface area contributed by atoms with Crippen molar-refractivity contribution in [1.29, 1.82) is 0 Å². The minimum atomic E-state index is -3.46. The first-order valence-electron chi connectivity index (χ1n) is 7.36. The zero-order valence-electron chi connectivity index (χ0n) is 12.2. The van der Waals surface area contributed by atoms with Gasteiger partial charge in [-0.15, -0.1) is 11.3 Å². The number of aryl methyl sites for hydroxylation is 2. The van der Waals surface area contributed by atoms with E-state index in [4.69, 9.17) is 5.73 Å². The third-order valence-electron chi connectivity index (χ3n) is 3.87. The Hall–Kier alpha value is -1.44. The van der Waals surface area contributed by atoms with Crippen molar-refractivity contribution in [3.63, 3.8) is 0 Å². The summed E-state index contributed by atoms with van der Waals surface area (Å²) in [7, 11) is -3.46. The highest BCUT2D eigenvalue weighted by molar-refractivity contribution is 7.89. The van der Waals surface area contributed by atoms with E-state index < -0.39 is 10.0 Å². The normalized spacial score (nSPS) is 14.7. The van der Waals surface area contributed by atoms with Gasteiger partial charge in [0.1, 0.15) is 0 Å². The molecular weight excluding hydrogens is 318 g/mol. The second-order valence-electron chi connectivity index (χ2n) is 5.46. The molecular formula is C15H19N3O2S2. The number of sulfonamides is 1. The highest BCUT2D eigenvalue weighted by Gasteiger charge is 2.17. The Labute approximate surface area is 134 Å². The van der Waals surface area contributed by atoms with Gasteiger partial charge in [0, 0.05) is 18.3 Å². The van der Waals surface area contributed by atoms with Gasteiger partial charge < -0.3 is 5.73 Å². The molecule has 0 fully saturated rings. The number of nitrogens with one attached hydrogen (secondary N) is 1. The third-order valence-corrected chi connectivity index (χ3v) is 6.05. The fourth-order valence-electron chi connectivity index (χ4n) is 2.71. The molecule has 0 unspecified atom stereocenters. The predicted molar refractivity (Wildman–Crippen MR) is 88.5 cm³/mol. The molecule has 1 heterocycles. The smallest absolute Gasteiger partial charge is 0.240 e. The quantitative estimate of drug-likeness (QED) is 0.875. The van der Waals surface area contributed by atoms with E-state index in [1.54, 1.807) is 6.07 Å². The van der Waals surface area contributed by atoms with Gasteiger partial charge in [-0.1, -0.05) is 6.07 Å². The Morgan fingerprint density at radius 2 is 2.00 bits per heavy atom. The molecule has 3 rings (SSSR count). The van der Waals surface area contributed by atoms with Crippen LogP contribution >= 0.6 is 11.3 Å². The van der Waals surface area contributed by atoms with Gasteiger partial charge in [0.2, 0.25) is 10.0 Å². The number of hydrogen-bond acceptors (Lipinski definition) is 5. The summed E-state index contributed by atoms with van der Waals surface area (Å²) in [4.78, 5) is 4.47. The molecule has 0 radical (unpaired) electrons. The molecule has 2 aromatic rings. The summed E-state index contributed by atoms with van der Waals surface area (Å²) in [5.74, 6) is 0. The molecule has 1 aromatic heterocycles. The fraction of sp³-hybridized carbons (Fsp3) is 0.400. The van der Waals surface area contributed by atoms with Crippen molar-refractivity contribution >= 4 is 26.5 Å². The number of hydrogen-bond donors (Lipinski definition) is 2. The van der Waals surface area contributed by atoms with E-state index >= 15 is 0 Å². The molecule has 0 bridgehead atoms. The van der Waals surface area contributed by atoms with Gasteiger partial charge in [-0.3, -0.25) is 0 Å². The minimum Gasteiger partial charge on any atom is -0.375 e. The minimum absolute atomic E-state index is 0.322. The lowest BCUT2D eigenvalue weighted by Gasteiger charge is -2.16. The van der Waals surface area contributed by atoms with Crippen LogP contribution in [-0.2, 0) is 29.3 Å². The lowest BCUT2D eigenvalue weighted by molar-refractivity contribution is 0.580. The van der Waals surface area contributed by atoms with Crippen molar-refractivity contribution in [2.24, 2.45) is 0 Å². The lowest BCUT2D eigenvalue weighted by atomic mass is 9.92. The largest absolute Gasteiger partial charge is 0.375 e. The van der Waals surface area contributed by atoms with Crippen LogP contribution in [0.4, 0.5) is 5.13 Å². The SMILES string of the molecule is Nc1nc(CCNS(=O)(=O)c2ccc3c(c2)CCCC3)cs1. The maximum atomic E-state index is 12.4. The fourth-order valence-corrected chi connectivity index (χ4v) is 4.39. The lowest BCUT2D eigenvalue weighted by Crippen LogP contribution is -2.26. The molecule has 1 aromatic carbocycles. The monoisotopic (exact) mass is 337 g/mol. The number of aromatic nitrogens is 1. The molecule has 1 aliphatic carbocycles. The van der Waals surface area contributed by atoms with Crippen molar-refractivity contribution < 1.29 is 8.42 Å². The molecule has 118 valence electrons. The molecule has 22 heavy (non-hydrogen) atoms. The number of benzene rings is 1. The van der Waals surface area contributed by atoms with Gasteiger partial charge >= 0.3 is 0 Å². The Bertz CT molecular complexity index is 769. The Kier molecular flexibility index (Phi) is 4.46. The first-order chi connectivity index (χ1) is 10.5. The van der Waals surface area contributed by atoms with Crippen LogP contribution in [0.15, 0.2) is 28.5 Å². The Morgan fingerprint density at radius 3 is 2.73 bits per heavy atom. The zero-order chi connectivity index (χ0) is 15.6. The van der Waals surface area contributed by atoms with Crippen LogP contribution in [0.2, 0.25) is 0 Å². The first kappa shape index (κ1) is 15.5. The van der Waals surface area contributed by atoms with Gasteiger partial charge in [-0.2, -0.15) is 0 Å². The molecule has 0 saturated heterocycles. The molecule has 5 nitrogen and oxygen atoms in total. The van der Waals surface area contributed by atoms with E-state index in [9.17, 15) is 8.42 Å². The standard InChI is InChI=1S/C15H19N3O2S2/c16-15-18-13(10-21-15)7-8-17-22(19,20)14-6-5-11-3-1-2-4-12(11)9-14/h5-6,9-10,17H,1-4,7-8H2,(H2,16,18). The molecule has 1 aliphatic rings. The molecule has 7 heteroatoms. The molecule has 3 N–H and O–H groups in total. The summed E-state index contributed by atoms with van der Waals surface area (Å²) < 4.78 is 27.4. The molecule has 0 amide bonds. The second-order valence-corrected chi connectivity index (χ2v) is 8.12. The average molecular weight is 337 g/mol. The van der Waals surface area contributed by atoms with Crippen LogP contribution in [0.25, 0.3) is 0 Å². The van der Waals surface area contributed by atoms with E-state index in [0.717, 1.165) is 25.0 Å². The summed E-state index contributed by atoms with van der Waals surface area (Å²) in [6.07, 6.45) is 4.88. The zero-order valence-corrected chi connectivity index (χ0v) is 13.8. The van der Waals surface area contributed by atoms with Crippen molar-refractivity contribution in [1.82, 2.24) is 9.71 Å². The van der Waals surface area contributed by atoms with Crippen molar-refractivity contribution in [2.45, 2.75) is 37.0 Å². The van der Waals surface area contributed by atoms with E-state index in [-0.39, 0.29) is 0 Å². The van der Waals surface area contributed by atoms with Crippen LogP contribution in [0.3, 0.4) is 0 Å². The van der Waals surface area contributed by atoms with Crippen LogP contribution in [0.1, 0.15) is 29.7 Å². The summed E-state index contributed by atoms with van der Waals surface area (Å²) in [5, 5.41) is 2.36. The number of thiazole rings is 1. The number of rotatable bonds is 5. The summed E-state index contributed by atoms with van der Waals surface area (Å²) in [6, 6.07) is 5.47. The van der Waals surface area contributed by atoms with Gasteiger partial charge in [-0.05, 0) is 48.9 Å². The highest BCUT2D eigenvalue weighted by Crippen LogP contribution is 2.24. The molecule has 0 aliphatic heterocycles. The highest BCUT2D eigenvalue weighted by atomic mass is 32.2. The maximum absolute atomic E-state index is 12.4. The molecule has 0 saturated carbocycles. The van der Waals surface area contributed by atoms with Crippen molar-refractivity contribution in [3.05, 3.63) is 40.4 Å². The number of nitrogens with zero attached hydrogens (tertiary/aromatic N) is 1. The topological polar surface area (TPSA) is 85.1 Å². The van der Waals surface area contributed by atoms with E-state index in [1.807, 2.05) is 17.5 Å². The third kappa shape index (κ3) is 3.48. The Morgan fingerprint density at radius 1 is 1.23 bits per heavy atom. The van der Waals surface area contributed by atoms with Gasteiger partial charge in [0.05, 0.1) is 10.6 Å². The van der Waals surface area contributed by atoms with Gasteiger partial charge in [0.15, 0.2) is 5.13 Å². The number of nitrogen functional groups attached to an aromatic ring is 1. The number of anilines is 1. The van der Waals surface area contributed by atoms with Crippen LogP contribution < -0.4 is 10.5 Å². The summed E-state index contributed by atoms with van der Waals surface area (Å²) >= 11 is 1.36. The first-order valence-corrected chi connectivity index (χ1v) is 9.72. The second kappa shape index (κ2) is 6.36. The van der Waals surface area contributed by atoms with Crippen molar-refractivity contribution in [3.8, 4) is 0 Å². The van der Waals surface area contributed by atoms with Gasteiger partial charge in [0.25, 0.3) is 0 Å². The predicted octanol–water partition coefficient (Wildman–Crippen LogP) is 2.13. The number of nitrogens with two attached hydrogens (primary N) is 1. The van der Waals surface area contributed by atoms with Gasteiger partial charge in [-0.25, -0.2) is 18.1 Å². The van der Waals surface area contributed by atoms with E-state index in [0.29, 0.717) is 23.0 Å².